The van der Waals surface area contributed by atoms with Gasteiger partial charge in [-0.3, -0.25) is 4.79 Å². The molecular formula is C14H18ClNO2. The molecule has 2 N–H and O–H groups in total. The van der Waals surface area contributed by atoms with Gasteiger partial charge in [-0.2, -0.15) is 0 Å². The Balaban J connectivity index is 2.01. The van der Waals surface area contributed by atoms with Gasteiger partial charge in [-0.15, -0.1) is 0 Å². The molecule has 1 aromatic rings. The summed E-state index contributed by atoms with van der Waals surface area (Å²) in [5, 5.41) is 12.9. The van der Waals surface area contributed by atoms with Crippen molar-refractivity contribution in [3.63, 3.8) is 0 Å². The number of benzene rings is 1. The highest BCUT2D eigenvalue weighted by atomic mass is 35.5. The SMILES string of the molecule is Cc1cccc(C(=O)NC2CCC(O)CC2)c1Cl. The van der Waals surface area contributed by atoms with Crippen molar-refractivity contribution in [1.29, 1.82) is 0 Å². The Labute approximate surface area is 112 Å². The van der Waals surface area contributed by atoms with Gasteiger partial charge in [0.1, 0.15) is 0 Å². The summed E-state index contributed by atoms with van der Waals surface area (Å²) in [5.41, 5.74) is 1.44. The van der Waals surface area contributed by atoms with Gasteiger partial charge < -0.3 is 10.4 Å². The Bertz CT molecular complexity index is 439. The third-order valence-corrected chi connectivity index (χ3v) is 3.97. The second-order valence-electron chi connectivity index (χ2n) is 4.92. The number of aliphatic hydroxyl groups is 1. The van der Waals surface area contributed by atoms with Crippen molar-refractivity contribution >= 4 is 17.5 Å². The first-order chi connectivity index (χ1) is 8.58. The van der Waals surface area contributed by atoms with Crippen LogP contribution in [0.2, 0.25) is 5.02 Å². The van der Waals surface area contributed by atoms with Crippen molar-refractivity contribution in [2.45, 2.75) is 44.8 Å². The van der Waals surface area contributed by atoms with Crippen molar-refractivity contribution < 1.29 is 9.90 Å². The Kier molecular flexibility index (Phi) is 4.25. The zero-order chi connectivity index (χ0) is 13.1. The molecule has 1 amide bonds. The average molecular weight is 268 g/mol. The van der Waals surface area contributed by atoms with Crippen LogP contribution in [-0.4, -0.2) is 23.2 Å². The molecule has 0 saturated heterocycles. The molecule has 0 bridgehead atoms. The lowest BCUT2D eigenvalue weighted by Gasteiger charge is -2.26. The number of hydrogen-bond donors (Lipinski definition) is 2. The Morgan fingerprint density at radius 3 is 2.67 bits per heavy atom. The van der Waals surface area contributed by atoms with Gasteiger partial charge in [0.15, 0.2) is 0 Å². The number of amides is 1. The first-order valence-corrected chi connectivity index (χ1v) is 6.69. The van der Waals surface area contributed by atoms with Crippen molar-refractivity contribution in [2.75, 3.05) is 0 Å². The van der Waals surface area contributed by atoms with Crippen LogP contribution in [0.25, 0.3) is 0 Å². The van der Waals surface area contributed by atoms with Crippen LogP contribution in [-0.2, 0) is 0 Å². The topological polar surface area (TPSA) is 49.3 Å². The number of halogens is 1. The van der Waals surface area contributed by atoms with Crippen LogP contribution >= 0.6 is 11.6 Å². The molecule has 0 atom stereocenters. The van der Waals surface area contributed by atoms with E-state index < -0.39 is 0 Å². The molecule has 1 saturated carbocycles. The molecule has 0 aliphatic heterocycles. The Hall–Kier alpha value is -1.06. The smallest absolute Gasteiger partial charge is 0.253 e. The molecular weight excluding hydrogens is 250 g/mol. The van der Waals surface area contributed by atoms with Gasteiger partial charge in [-0.05, 0) is 44.2 Å². The van der Waals surface area contributed by atoms with Crippen LogP contribution < -0.4 is 5.32 Å². The van der Waals surface area contributed by atoms with E-state index >= 15 is 0 Å². The predicted octanol–water partition coefficient (Wildman–Crippen LogP) is 2.68. The normalized spacial score (nSPS) is 23.7. The number of aryl methyl sites for hydroxylation is 1. The number of rotatable bonds is 2. The summed E-state index contributed by atoms with van der Waals surface area (Å²) < 4.78 is 0. The maximum atomic E-state index is 12.1. The number of carbonyl (C=O) groups excluding carboxylic acids is 1. The lowest BCUT2D eigenvalue weighted by molar-refractivity contribution is 0.0867. The molecule has 0 unspecified atom stereocenters. The third kappa shape index (κ3) is 3.03. The number of aliphatic hydroxyl groups excluding tert-OH is 1. The maximum absolute atomic E-state index is 12.1. The molecule has 18 heavy (non-hydrogen) atoms. The largest absolute Gasteiger partial charge is 0.393 e. The van der Waals surface area contributed by atoms with Crippen LogP contribution in [0.15, 0.2) is 18.2 Å². The molecule has 1 aliphatic carbocycles. The molecule has 4 heteroatoms. The molecule has 1 aromatic carbocycles. The molecule has 1 fully saturated rings. The van der Waals surface area contributed by atoms with Crippen molar-refractivity contribution in [3.8, 4) is 0 Å². The summed E-state index contributed by atoms with van der Waals surface area (Å²) in [6, 6.07) is 5.61. The Morgan fingerprint density at radius 1 is 1.33 bits per heavy atom. The summed E-state index contributed by atoms with van der Waals surface area (Å²) in [5.74, 6) is -0.120. The fourth-order valence-corrected chi connectivity index (χ4v) is 2.52. The van der Waals surface area contributed by atoms with Crippen LogP contribution in [0.5, 0.6) is 0 Å². The lowest BCUT2D eigenvalue weighted by atomic mass is 9.93. The highest BCUT2D eigenvalue weighted by Crippen LogP contribution is 2.22. The van der Waals surface area contributed by atoms with Gasteiger partial charge in [0.05, 0.1) is 16.7 Å². The number of hydrogen-bond acceptors (Lipinski definition) is 2. The molecule has 3 nitrogen and oxygen atoms in total. The molecule has 0 radical (unpaired) electrons. The highest BCUT2D eigenvalue weighted by Gasteiger charge is 2.22. The van der Waals surface area contributed by atoms with E-state index in [0.29, 0.717) is 10.6 Å². The summed E-state index contributed by atoms with van der Waals surface area (Å²) in [7, 11) is 0. The van der Waals surface area contributed by atoms with E-state index in [1.54, 1.807) is 6.07 Å². The number of nitrogens with one attached hydrogen (secondary N) is 1. The van der Waals surface area contributed by atoms with Crippen LogP contribution in [0.4, 0.5) is 0 Å². The second kappa shape index (κ2) is 5.72. The van der Waals surface area contributed by atoms with Crippen LogP contribution in [0.3, 0.4) is 0 Å². The minimum atomic E-state index is -0.208. The summed E-state index contributed by atoms with van der Waals surface area (Å²) in [6.07, 6.45) is 2.96. The average Bonchev–Trinajstić information content (AvgIpc) is 2.35. The number of carbonyl (C=O) groups is 1. The second-order valence-corrected chi connectivity index (χ2v) is 5.29. The van der Waals surface area contributed by atoms with Crippen molar-refractivity contribution in [3.05, 3.63) is 34.3 Å². The first kappa shape index (κ1) is 13.4. The van der Waals surface area contributed by atoms with E-state index in [1.807, 2.05) is 19.1 Å². The Morgan fingerprint density at radius 2 is 2.00 bits per heavy atom. The van der Waals surface area contributed by atoms with Crippen LogP contribution in [0, 0.1) is 6.92 Å². The maximum Gasteiger partial charge on any atom is 0.253 e. The standard InChI is InChI=1S/C14H18ClNO2/c1-9-3-2-4-12(13(9)15)14(18)16-10-5-7-11(17)8-6-10/h2-4,10-11,17H,5-8H2,1H3,(H,16,18). The fraction of sp³-hybridized carbons (Fsp3) is 0.500. The monoisotopic (exact) mass is 267 g/mol. The molecule has 2 rings (SSSR count). The molecule has 1 aliphatic rings. The molecule has 0 spiro atoms. The van der Waals surface area contributed by atoms with E-state index in [2.05, 4.69) is 5.32 Å². The van der Waals surface area contributed by atoms with E-state index in [1.165, 1.54) is 0 Å². The quantitative estimate of drug-likeness (QED) is 0.866. The van der Waals surface area contributed by atoms with Crippen molar-refractivity contribution in [1.82, 2.24) is 5.32 Å². The van der Waals surface area contributed by atoms with Crippen molar-refractivity contribution in [2.24, 2.45) is 0 Å². The lowest BCUT2D eigenvalue weighted by Crippen LogP contribution is -2.38. The van der Waals surface area contributed by atoms with Gasteiger partial charge in [-0.25, -0.2) is 0 Å². The van der Waals surface area contributed by atoms with E-state index in [0.717, 1.165) is 31.2 Å². The molecule has 0 aromatic heterocycles. The van der Waals surface area contributed by atoms with E-state index in [-0.39, 0.29) is 18.1 Å². The summed E-state index contributed by atoms with van der Waals surface area (Å²) in [4.78, 5) is 12.1. The highest BCUT2D eigenvalue weighted by molar-refractivity contribution is 6.34. The molecule has 98 valence electrons. The van der Waals surface area contributed by atoms with Crippen LogP contribution in [0.1, 0.15) is 41.6 Å². The predicted molar refractivity (Wildman–Crippen MR) is 71.9 cm³/mol. The van der Waals surface area contributed by atoms with Gasteiger partial charge in [0.25, 0.3) is 5.91 Å². The van der Waals surface area contributed by atoms with E-state index in [4.69, 9.17) is 11.6 Å². The molecule has 0 heterocycles. The fourth-order valence-electron chi connectivity index (χ4n) is 2.31. The third-order valence-electron chi connectivity index (χ3n) is 3.47. The minimum Gasteiger partial charge on any atom is -0.393 e. The van der Waals surface area contributed by atoms with Gasteiger partial charge in [-0.1, -0.05) is 23.7 Å². The zero-order valence-electron chi connectivity index (χ0n) is 10.4. The minimum absolute atomic E-state index is 0.120. The summed E-state index contributed by atoms with van der Waals surface area (Å²) in [6.45, 7) is 1.88. The van der Waals surface area contributed by atoms with Gasteiger partial charge in [0, 0.05) is 6.04 Å². The zero-order valence-corrected chi connectivity index (χ0v) is 11.2. The van der Waals surface area contributed by atoms with Gasteiger partial charge >= 0.3 is 0 Å². The van der Waals surface area contributed by atoms with E-state index in [9.17, 15) is 9.90 Å². The first-order valence-electron chi connectivity index (χ1n) is 6.32. The van der Waals surface area contributed by atoms with Gasteiger partial charge in [0.2, 0.25) is 0 Å². The summed E-state index contributed by atoms with van der Waals surface area (Å²) >= 11 is 6.13.